The Morgan fingerprint density at radius 1 is 1.17 bits per heavy atom. The lowest BCUT2D eigenvalue weighted by atomic mass is 10.1. The van der Waals surface area contributed by atoms with Crippen molar-refractivity contribution in [1.82, 2.24) is 14.6 Å². The van der Waals surface area contributed by atoms with Gasteiger partial charge in [0.15, 0.2) is 11.9 Å². The molecule has 1 aromatic carbocycles. The summed E-state index contributed by atoms with van der Waals surface area (Å²) < 4.78 is 36.9. The summed E-state index contributed by atoms with van der Waals surface area (Å²) in [6.45, 7) is 4.08. The fraction of sp³-hybridized carbons (Fsp3) is 0.476. The average molecular weight is 416 g/mol. The van der Waals surface area contributed by atoms with Crippen LogP contribution in [-0.2, 0) is 16.6 Å². The Labute approximate surface area is 171 Å². The number of nitrogens with zero attached hydrogens (tertiary/aromatic N) is 2. The van der Waals surface area contributed by atoms with Crippen molar-refractivity contribution < 1.29 is 17.9 Å². The first-order chi connectivity index (χ1) is 14.0. The first-order valence-corrected chi connectivity index (χ1v) is 11.9. The van der Waals surface area contributed by atoms with Crippen LogP contribution in [0.2, 0.25) is 0 Å². The van der Waals surface area contributed by atoms with Crippen molar-refractivity contribution in [1.29, 1.82) is 0 Å². The number of benzene rings is 1. The number of hydrogen-bond donors (Lipinski definition) is 1. The largest absolute Gasteiger partial charge is 0.484 e. The maximum atomic E-state index is 11.2. The third-order valence-corrected chi connectivity index (χ3v) is 6.86. The minimum atomic E-state index is -3.09. The van der Waals surface area contributed by atoms with Crippen LogP contribution in [0.5, 0.6) is 11.6 Å². The van der Waals surface area contributed by atoms with E-state index in [0.717, 1.165) is 25.2 Å². The fourth-order valence-corrected chi connectivity index (χ4v) is 5.08. The van der Waals surface area contributed by atoms with E-state index in [1.54, 1.807) is 6.20 Å². The molecule has 0 bridgehead atoms. The van der Waals surface area contributed by atoms with Crippen molar-refractivity contribution in [3.63, 3.8) is 0 Å². The number of sulfonamides is 1. The normalized spacial score (nSPS) is 28.2. The SMILES string of the molecule is CS(=O)(=O)NCC1C2CN(Cc3ccc(C4COc5cccnc5O4)cc3)CC12. The molecule has 0 radical (unpaired) electrons. The van der Waals surface area contributed by atoms with E-state index in [9.17, 15) is 8.42 Å². The maximum Gasteiger partial charge on any atom is 0.257 e. The molecule has 154 valence electrons. The summed E-state index contributed by atoms with van der Waals surface area (Å²) in [5.74, 6) is 3.00. The molecule has 3 aliphatic rings. The number of rotatable bonds is 6. The van der Waals surface area contributed by atoms with Crippen molar-refractivity contribution in [3.8, 4) is 11.6 Å². The molecular formula is C21H25N3O4S. The third-order valence-electron chi connectivity index (χ3n) is 6.17. The van der Waals surface area contributed by atoms with Crippen molar-refractivity contribution in [2.75, 3.05) is 32.5 Å². The number of ether oxygens (including phenoxy) is 2. The van der Waals surface area contributed by atoms with Crippen LogP contribution < -0.4 is 14.2 Å². The van der Waals surface area contributed by atoms with Gasteiger partial charge in [-0.05, 0) is 41.0 Å². The molecule has 1 saturated carbocycles. The second-order valence-corrected chi connectivity index (χ2v) is 10.1. The Balaban J connectivity index is 1.13. The van der Waals surface area contributed by atoms with Crippen LogP contribution in [0.15, 0.2) is 42.6 Å². The van der Waals surface area contributed by atoms with Gasteiger partial charge in [0.1, 0.15) is 6.61 Å². The molecule has 3 unspecified atom stereocenters. The van der Waals surface area contributed by atoms with Gasteiger partial charge in [0, 0.05) is 32.4 Å². The Morgan fingerprint density at radius 2 is 1.93 bits per heavy atom. The van der Waals surface area contributed by atoms with E-state index in [-0.39, 0.29) is 6.10 Å². The lowest BCUT2D eigenvalue weighted by molar-refractivity contribution is 0.0851. The van der Waals surface area contributed by atoms with Crippen LogP contribution in [0, 0.1) is 17.8 Å². The number of aromatic nitrogens is 1. The quantitative estimate of drug-likeness (QED) is 0.775. The van der Waals surface area contributed by atoms with E-state index in [0.29, 0.717) is 42.5 Å². The summed E-state index contributed by atoms with van der Waals surface area (Å²) in [7, 11) is -3.09. The van der Waals surface area contributed by atoms with Crippen molar-refractivity contribution in [2.24, 2.45) is 17.8 Å². The van der Waals surface area contributed by atoms with Gasteiger partial charge in [-0.25, -0.2) is 18.1 Å². The number of piperidine rings is 1. The molecule has 3 atom stereocenters. The summed E-state index contributed by atoms with van der Waals surface area (Å²) in [6, 6.07) is 12.2. The standard InChI is InChI=1S/C21H25N3O4S/c1-29(25,26)23-9-16-17-11-24(12-18(16)17)10-14-4-6-15(7-5-14)20-13-27-19-3-2-8-22-21(19)28-20/h2-8,16-18,20,23H,9-13H2,1H3. The van der Waals surface area contributed by atoms with Gasteiger partial charge in [0.25, 0.3) is 5.88 Å². The van der Waals surface area contributed by atoms with Crippen LogP contribution in [0.4, 0.5) is 0 Å². The van der Waals surface area contributed by atoms with Crippen LogP contribution in [0.1, 0.15) is 17.2 Å². The zero-order valence-electron chi connectivity index (χ0n) is 16.3. The van der Waals surface area contributed by atoms with E-state index in [2.05, 4.69) is 38.9 Å². The van der Waals surface area contributed by atoms with Gasteiger partial charge in [-0.1, -0.05) is 24.3 Å². The minimum Gasteiger partial charge on any atom is -0.484 e. The van der Waals surface area contributed by atoms with E-state index in [1.165, 1.54) is 11.8 Å². The summed E-state index contributed by atoms with van der Waals surface area (Å²) in [5.41, 5.74) is 2.36. The van der Waals surface area contributed by atoms with E-state index < -0.39 is 10.0 Å². The molecule has 0 amide bonds. The molecule has 2 aliphatic heterocycles. The highest BCUT2D eigenvalue weighted by molar-refractivity contribution is 7.88. The van der Waals surface area contributed by atoms with Crippen LogP contribution >= 0.6 is 0 Å². The summed E-state index contributed by atoms with van der Waals surface area (Å²) >= 11 is 0. The highest BCUT2D eigenvalue weighted by Crippen LogP contribution is 2.51. The second-order valence-electron chi connectivity index (χ2n) is 8.27. The third kappa shape index (κ3) is 4.10. The predicted octanol–water partition coefficient (Wildman–Crippen LogP) is 1.82. The number of fused-ring (bicyclic) bond motifs is 2. The molecule has 5 rings (SSSR count). The molecule has 29 heavy (non-hydrogen) atoms. The van der Waals surface area contributed by atoms with Gasteiger partial charge in [0.2, 0.25) is 10.0 Å². The van der Waals surface area contributed by atoms with Gasteiger partial charge in [-0.2, -0.15) is 0 Å². The maximum absolute atomic E-state index is 11.2. The lowest BCUT2D eigenvalue weighted by Crippen LogP contribution is -2.29. The fourth-order valence-electron chi connectivity index (χ4n) is 4.59. The first-order valence-electron chi connectivity index (χ1n) is 9.96. The smallest absolute Gasteiger partial charge is 0.257 e. The van der Waals surface area contributed by atoms with Gasteiger partial charge in [-0.3, -0.25) is 4.90 Å². The van der Waals surface area contributed by atoms with Gasteiger partial charge >= 0.3 is 0 Å². The zero-order chi connectivity index (χ0) is 20.0. The average Bonchev–Trinajstić information content (AvgIpc) is 3.17. The number of nitrogens with one attached hydrogen (secondary N) is 1. The summed E-state index contributed by atoms with van der Waals surface area (Å²) in [6.07, 6.45) is 2.78. The Morgan fingerprint density at radius 3 is 2.66 bits per heavy atom. The van der Waals surface area contributed by atoms with Crippen molar-refractivity contribution in [2.45, 2.75) is 12.6 Å². The molecule has 3 heterocycles. The molecule has 2 aromatic rings. The highest BCUT2D eigenvalue weighted by atomic mass is 32.2. The van der Waals surface area contributed by atoms with Crippen LogP contribution in [0.25, 0.3) is 0 Å². The molecule has 1 saturated heterocycles. The van der Waals surface area contributed by atoms with E-state index >= 15 is 0 Å². The summed E-state index contributed by atoms with van der Waals surface area (Å²) in [5, 5.41) is 0. The van der Waals surface area contributed by atoms with Gasteiger partial charge < -0.3 is 9.47 Å². The topological polar surface area (TPSA) is 80.8 Å². The van der Waals surface area contributed by atoms with Gasteiger partial charge in [-0.15, -0.1) is 0 Å². The molecule has 7 nitrogen and oxygen atoms in total. The van der Waals surface area contributed by atoms with E-state index in [4.69, 9.17) is 9.47 Å². The lowest BCUT2D eigenvalue weighted by Gasteiger charge is -2.26. The molecular weight excluding hydrogens is 390 g/mol. The van der Waals surface area contributed by atoms with Crippen molar-refractivity contribution in [3.05, 3.63) is 53.7 Å². The van der Waals surface area contributed by atoms with Crippen molar-refractivity contribution >= 4 is 10.0 Å². The highest BCUT2D eigenvalue weighted by Gasteiger charge is 2.55. The number of pyridine rings is 1. The van der Waals surface area contributed by atoms with E-state index in [1.807, 2.05) is 12.1 Å². The zero-order valence-corrected chi connectivity index (χ0v) is 17.1. The predicted molar refractivity (Wildman–Crippen MR) is 108 cm³/mol. The monoisotopic (exact) mass is 415 g/mol. The molecule has 8 heteroatoms. The Bertz CT molecular complexity index is 983. The molecule has 1 aliphatic carbocycles. The van der Waals surface area contributed by atoms with Gasteiger partial charge in [0.05, 0.1) is 6.26 Å². The van der Waals surface area contributed by atoms with Crippen LogP contribution in [0.3, 0.4) is 0 Å². The number of hydrogen-bond acceptors (Lipinski definition) is 6. The summed E-state index contributed by atoms with van der Waals surface area (Å²) in [4.78, 5) is 6.69. The number of likely N-dealkylation sites (tertiary alicyclic amines) is 1. The first kappa shape index (κ1) is 18.8. The molecule has 1 aromatic heterocycles. The minimum absolute atomic E-state index is 0.144. The van der Waals surface area contributed by atoms with Crippen LogP contribution in [-0.4, -0.2) is 50.8 Å². The molecule has 2 fully saturated rings. The Kier molecular flexibility index (Phi) is 4.72. The molecule has 1 N–H and O–H groups in total. The Hall–Kier alpha value is -2.16. The molecule has 0 spiro atoms. The second kappa shape index (κ2) is 7.27.